The number of aromatic nitrogens is 3. The molecule has 9 heterocycles. The van der Waals surface area contributed by atoms with Crippen LogP contribution < -0.4 is 15.4 Å². The van der Waals surface area contributed by atoms with E-state index in [-0.39, 0.29) is 29.5 Å². The normalized spacial score (nSPS) is 16.9. The number of anilines is 2. The molecule has 0 aliphatic carbocycles. The van der Waals surface area contributed by atoms with E-state index in [1.807, 2.05) is 216 Å². The number of carbonyl (C=O) groups is 3. The Bertz CT molecular complexity index is 5760. The molecular formula is C89H91N13O8S11. The van der Waals surface area contributed by atoms with Gasteiger partial charge in [-0.3, -0.25) is 53.2 Å². The minimum absolute atomic E-state index is 0.00948. The van der Waals surface area contributed by atoms with E-state index in [1.165, 1.54) is 73.6 Å². The van der Waals surface area contributed by atoms with Gasteiger partial charge in [0, 0.05) is 92.8 Å². The summed E-state index contributed by atoms with van der Waals surface area (Å²) in [5.41, 5.74) is 8.22. The molecule has 9 aromatic rings. The Morgan fingerprint density at radius 1 is 0.438 bits per heavy atom. The van der Waals surface area contributed by atoms with Gasteiger partial charge in [0.2, 0.25) is 11.8 Å². The number of thiocarbonyl (C=S) groups is 3. The summed E-state index contributed by atoms with van der Waals surface area (Å²) >= 11 is 35.1. The minimum atomic E-state index is -0.427. The third-order valence-corrected chi connectivity index (χ3v) is 26.6. The van der Waals surface area contributed by atoms with Crippen LogP contribution >= 0.6 is 131 Å². The molecule has 0 unspecified atom stereocenters. The van der Waals surface area contributed by atoms with E-state index in [4.69, 9.17) is 70.3 Å². The number of likely N-dealkylation sites (N-methyl/N-ethyl adjacent to an activating group) is 4. The van der Waals surface area contributed by atoms with Crippen LogP contribution in [-0.4, -0.2) is 145 Å². The molecule has 32 heteroatoms. The average Bonchev–Trinajstić information content (AvgIpc) is 1.64. The zero-order valence-electron chi connectivity index (χ0n) is 68.2. The van der Waals surface area contributed by atoms with Crippen molar-refractivity contribution in [2.24, 2.45) is 15.0 Å². The molecular weight excluding hydrogens is 1730 g/mol. The molecule has 121 heavy (non-hydrogen) atoms. The first-order chi connectivity index (χ1) is 58.6. The molecule has 0 atom stereocenters. The standard InChI is InChI=1S/C18H21N3OS2.C16H12N2O2.C16H16N2OS3.C14H14N2OS2.C13H16N2O2S2.C12H12N2OS2/c1-4-19-13-9-7-8-10-15(13)24-16(19)12-11-14-17(22)21(6-3)18(23)20(14)5-2;19-16-14(11-17-13-9-5-2-6-10-13)15(18-20-16)12-7-3-1-4-8-12;1-3-17-11-7-5-6-8-12(11)21-14(17)10-9-13-15(19)18(4-2)16(20)22-13;1-2-16-13(17)12(19-14(16)18)9-6-10-15-11-7-4-3-5-8-11;1-4-14-9(3)8-17-11(14)7-6-10-12(16)15(5-2)13(18)19-10;1-2-14-11(15)10(17-12(14)16)8-13-9-6-4-3-5-7-9/h7-12H,4-6H2,1-3H3;1-11,18H;5-10H,3-4H2,1-2H3;3-10,17H,2H2,1H3;6-8H,4-5H2,1-3H3;3-8,15H,2H2,1H3/b14-11+,16-12-;;13-9+,14-10-;;10-6+,11-7-;. The molecule has 3 N–H and O–H groups in total. The molecule has 15 rings (SSSR count). The topological polar surface area (TPSA) is 217 Å². The molecule has 0 radical (unpaired) electrons. The van der Waals surface area contributed by atoms with Gasteiger partial charge in [0.15, 0.2) is 18.9 Å². The Labute approximate surface area is 756 Å². The molecule has 0 spiro atoms. The number of thiazole rings is 2. The Balaban J connectivity index is 0.000000153. The SMILES string of the molecule is CCN1C(=O)/C(=C\C=C2/OC=C(C)N2CC)SC1=S.CCN1C(=O)/C(=C\C=C2/Sc3ccccc3N2CC)N(CC)C1=S.CCN1C(=O)/C(=C\C=C2/Sc3ccccc3N2CC)SC1=S.CCn1c(O)c(C=CC=Nc2ccccc2)sc1=S.CCn1c(O)c(C=Nc2ccccc2)sc1=S.O=c1o[nH]c(-c2ccccc2)c1C=Nc1ccccc1. The maximum atomic E-state index is 12.6. The fourth-order valence-corrected chi connectivity index (χ4v) is 20.2. The fraction of sp³-hybridized carbons (Fsp3) is 0.213. The van der Waals surface area contributed by atoms with Gasteiger partial charge < -0.3 is 39.1 Å². The largest absolute Gasteiger partial charge is 0.493 e. The molecule has 626 valence electrons. The monoisotopic (exact) mass is 1820 g/mol. The number of H-pyrrole nitrogens is 1. The first kappa shape index (κ1) is 92.9. The quantitative estimate of drug-likeness (QED) is 0.0367. The van der Waals surface area contributed by atoms with Crippen molar-refractivity contribution in [2.45, 2.75) is 92.1 Å². The van der Waals surface area contributed by atoms with Crippen molar-refractivity contribution >= 4 is 215 Å². The van der Waals surface area contributed by atoms with Crippen molar-refractivity contribution in [2.75, 3.05) is 55.6 Å². The maximum absolute atomic E-state index is 12.6. The highest BCUT2D eigenvalue weighted by atomic mass is 32.2. The molecule has 3 amide bonds. The van der Waals surface area contributed by atoms with E-state index in [2.05, 4.69) is 99.2 Å². The van der Waals surface area contributed by atoms with Crippen LogP contribution in [0.1, 0.15) is 84.6 Å². The summed E-state index contributed by atoms with van der Waals surface area (Å²) in [6.45, 7) is 26.5. The van der Waals surface area contributed by atoms with E-state index in [0.29, 0.717) is 92.6 Å². The third-order valence-electron chi connectivity index (χ3n) is 18.3. The average molecular weight is 1820 g/mol. The van der Waals surface area contributed by atoms with Crippen molar-refractivity contribution in [1.29, 1.82) is 0 Å². The molecule has 0 bridgehead atoms. The summed E-state index contributed by atoms with van der Waals surface area (Å²) in [6.07, 6.45) is 21.7. The van der Waals surface area contributed by atoms with Gasteiger partial charge in [-0.15, -0.1) is 11.3 Å². The number of hydrogen-bond acceptors (Lipinski definition) is 25. The molecule has 3 fully saturated rings. The summed E-state index contributed by atoms with van der Waals surface area (Å²) in [4.78, 5) is 80.1. The van der Waals surface area contributed by atoms with E-state index < -0.39 is 5.63 Å². The van der Waals surface area contributed by atoms with E-state index in [9.17, 15) is 29.4 Å². The lowest BCUT2D eigenvalue weighted by atomic mass is 10.1. The number of aromatic amines is 1. The molecule has 3 aromatic heterocycles. The predicted octanol–water partition coefficient (Wildman–Crippen LogP) is 22.4. The lowest BCUT2D eigenvalue weighted by molar-refractivity contribution is -0.123. The Hall–Kier alpha value is -10.4. The second kappa shape index (κ2) is 46.0. The van der Waals surface area contributed by atoms with Crippen LogP contribution in [0.3, 0.4) is 0 Å². The van der Waals surface area contributed by atoms with E-state index in [1.54, 1.807) is 78.2 Å². The fourth-order valence-electron chi connectivity index (χ4n) is 12.2. The van der Waals surface area contributed by atoms with Gasteiger partial charge in [0.05, 0.1) is 70.8 Å². The Morgan fingerprint density at radius 2 is 0.868 bits per heavy atom. The maximum Gasteiger partial charge on any atom is 0.366 e. The lowest BCUT2D eigenvalue weighted by Crippen LogP contribution is -2.32. The summed E-state index contributed by atoms with van der Waals surface area (Å²) in [5, 5.41) is 25.4. The number of para-hydroxylation sites is 5. The van der Waals surface area contributed by atoms with Crippen LogP contribution in [0, 0.1) is 7.91 Å². The van der Waals surface area contributed by atoms with Crippen molar-refractivity contribution in [3.8, 4) is 23.0 Å². The molecule has 3 saturated heterocycles. The van der Waals surface area contributed by atoms with Crippen LogP contribution in [0.4, 0.5) is 28.4 Å². The van der Waals surface area contributed by atoms with Crippen LogP contribution in [-0.2, 0) is 32.2 Å². The molecule has 21 nitrogen and oxygen atoms in total. The van der Waals surface area contributed by atoms with Gasteiger partial charge in [-0.1, -0.05) is 192 Å². The van der Waals surface area contributed by atoms with Crippen molar-refractivity contribution in [1.82, 2.24) is 38.8 Å². The second-order valence-electron chi connectivity index (χ2n) is 25.7. The zero-order valence-corrected chi connectivity index (χ0v) is 77.1. The van der Waals surface area contributed by atoms with Crippen LogP contribution in [0.2, 0.25) is 0 Å². The van der Waals surface area contributed by atoms with Crippen molar-refractivity contribution in [3.05, 3.63) is 289 Å². The van der Waals surface area contributed by atoms with Crippen molar-refractivity contribution in [3.63, 3.8) is 0 Å². The number of rotatable bonds is 20. The lowest BCUT2D eigenvalue weighted by Gasteiger charge is -2.18. The highest BCUT2D eigenvalue weighted by Crippen LogP contribution is 2.47. The molecule has 0 saturated carbocycles. The predicted molar refractivity (Wildman–Crippen MR) is 521 cm³/mol. The first-order valence-corrected chi connectivity index (χ1v) is 45.8. The van der Waals surface area contributed by atoms with Gasteiger partial charge in [0.1, 0.15) is 31.0 Å². The van der Waals surface area contributed by atoms with Crippen LogP contribution in [0.25, 0.3) is 17.3 Å². The number of aromatic hydroxyl groups is 2. The number of nitrogens with zero attached hydrogens (tertiary/aromatic N) is 12. The number of nitrogens with one attached hydrogen (secondary N) is 1. The number of benzene rings is 6. The first-order valence-electron chi connectivity index (χ1n) is 38.9. The Kier molecular flexibility index (Phi) is 35.4. The van der Waals surface area contributed by atoms with Gasteiger partial charge in [-0.2, -0.15) is 0 Å². The van der Waals surface area contributed by atoms with Crippen LogP contribution in [0.15, 0.2) is 290 Å². The summed E-state index contributed by atoms with van der Waals surface area (Å²) in [5.74, 6) is 1.13. The Morgan fingerprint density at radius 3 is 1.34 bits per heavy atom. The number of ether oxygens (including phenoxy) is 1. The zero-order chi connectivity index (χ0) is 86.7. The molecule has 6 aliphatic rings. The summed E-state index contributed by atoms with van der Waals surface area (Å²) in [7, 11) is 0. The number of carbonyl (C=O) groups excluding carboxylic acids is 3. The summed E-state index contributed by atoms with van der Waals surface area (Å²) in [6, 6.07) is 55.0. The summed E-state index contributed by atoms with van der Waals surface area (Å²) < 4.78 is 16.3. The number of thioether (sulfide) groups is 4. The number of allylic oxidation sites excluding steroid dienone is 8. The molecule has 6 aromatic carbocycles. The number of amides is 3. The van der Waals surface area contributed by atoms with Gasteiger partial charge in [-0.25, -0.2) is 9.95 Å². The second-order valence-corrected chi connectivity index (χ2v) is 34.9. The van der Waals surface area contributed by atoms with E-state index >= 15 is 0 Å². The molecule has 6 aliphatic heterocycles. The van der Waals surface area contributed by atoms with Gasteiger partial charge in [0.25, 0.3) is 17.7 Å². The highest BCUT2D eigenvalue weighted by molar-refractivity contribution is 8.27. The van der Waals surface area contributed by atoms with Gasteiger partial charge in [-0.05, 0) is 209 Å². The van der Waals surface area contributed by atoms with Gasteiger partial charge >= 0.3 is 5.63 Å². The highest BCUT2D eigenvalue weighted by Gasteiger charge is 2.37. The number of aliphatic imine (C=N–C) groups is 3. The minimum Gasteiger partial charge on any atom is -0.493 e. The van der Waals surface area contributed by atoms with Crippen LogP contribution in [0.5, 0.6) is 11.8 Å². The smallest absolute Gasteiger partial charge is 0.366 e. The van der Waals surface area contributed by atoms with E-state index in [0.717, 1.165) is 68.8 Å². The van der Waals surface area contributed by atoms with Crippen molar-refractivity contribution < 1.29 is 33.9 Å². The number of hydrogen-bond donors (Lipinski definition) is 3. The number of fused-ring (bicyclic) bond motifs is 2. The third kappa shape index (κ3) is 23.7.